The number of allylic oxidation sites excluding steroid dienone is 1. The molecule has 1 rings (SSSR count). The Morgan fingerprint density at radius 3 is 2.29 bits per heavy atom. The van der Waals surface area contributed by atoms with Gasteiger partial charge in [-0.2, -0.15) is 0 Å². The van der Waals surface area contributed by atoms with Crippen molar-refractivity contribution in [1.82, 2.24) is 17.6 Å². The molecule has 0 aromatic rings. The topological polar surface area (TPSA) is 191 Å². The Balaban J connectivity index is 0. The van der Waals surface area contributed by atoms with Gasteiger partial charge in [0.05, 0.1) is 0 Å². The minimum atomic E-state index is -4.69. The summed E-state index contributed by atoms with van der Waals surface area (Å²) in [7, 11) is -4.69. The van der Waals surface area contributed by atoms with E-state index in [0.29, 0.717) is 6.42 Å². The fraction of sp³-hybridized carbons (Fsp3) is 0.750. The normalized spacial score (nSPS) is 23.5. The van der Waals surface area contributed by atoms with Crippen LogP contribution in [-0.4, -0.2) is 18.0 Å². The number of nitrogens with one attached hydrogen (secondary N) is 1. The Hall–Kier alpha value is -0.760. The summed E-state index contributed by atoms with van der Waals surface area (Å²) in [5.41, 5.74) is 5.99. The van der Waals surface area contributed by atoms with E-state index >= 15 is 0 Å². The second kappa shape index (κ2) is 8.63. The van der Waals surface area contributed by atoms with Gasteiger partial charge in [0.1, 0.15) is 0 Å². The van der Waals surface area contributed by atoms with Crippen molar-refractivity contribution >= 4 is 13.5 Å². The minimum Gasteiger partial charge on any atom is -0.808 e. The number of rotatable bonds is 4. The van der Waals surface area contributed by atoms with Crippen molar-refractivity contribution in [2.24, 2.45) is 17.6 Å². The van der Waals surface area contributed by atoms with E-state index < -0.39 is 13.6 Å². The molecule has 0 radical (unpaired) electrons. The van der Waals surface area contributed by atoms with Crippen molar-refractivity contribution in [2.45, 2.75) is 45.7 Å². The molecule has 0 aliphatic heterocycles. The monoisotopic (exact) mass is 324 g/mol. The molecule has 0 unspecified atom stereocenters. The molecule has 0 aromatic heterocycles. The molecule has 11 N–H and O–H groups in total. The van der Waals surface area contributed by atoms with Gasteiger partial charge < -0.3 is 37.7 Å². The van der Waals surface area contributed by atoms with Gasteiger partial charge in [0.2, 0.25) is 5.91 Å². The highest BCUT2D eigenvalue weighted by atomic mass is 31.2. The lowest BCUT2D eigenvalue weighted by Crippen LogP contribution is -2.50. The quantitative estimate of drug-likeness (QED) is 0.544. The van der Waals surface area contributed by atoms with Crippen LogP contribution in [0.2, 0.25) is 0 Å². The van der Waals surface area contributed by atoms with Crippen molar-refractivity contribution in [3.05, 3.63) is 11.4 Å². The van der Waals surface area contributed by atoms with E-state index in [9.17, 15) is 19.1 Å². The highest BCUT2D eigenvalue weighted by Crippen LogP contribution is 2.43. The lowest BCUT2D eigenvalue weighted by molar-refractivity contribution is -0.310. The predicted molar refractivity (Wildman–Crippen MR) is 80.8 cm³/mol. The van der Waals surface area contributed by atoms with Crippen molar-refractivity contribution in [3.63, 3.8) is 0 Å². The van der Waals surface area contributed by atoms with Crippen LogP contribution < -0.4 is 33.1 Å². The number of carbonyl (C=O) groups excluding carboxylic acids is 1. The van der Waals surface area contributed by atoms with Gasteiger partial charge in [0, 0.05) is 19.0 Å². The number of carbonyl (C=O) groups is 1. The van der Waals surface area contributed by atoms with Gasteiger partial charge in [-0.05, 0) is 37.6 Å². The predicted octanol–water partition coefficient (Wildman–Crippen LogP) is 0.434. The smallest absolute Gasteiger partial charge is 0.217 e. The third-order valence-corrected chi connectivity index (χ3v) is 4.59. The SMILES string of the molecule is CC(=O)N[C@@H](C(C)C)[C@H]1CC=C(P(=O)([O-])[O-])C[C@@H]1N.[NH4+].[NH4+]. The first kappa shape index (κ1) is 22.5. The first-order valence-corrected chi connectivity index (χ1v) is 7.91. The second-order valence-electron chi connectivity index (χ2n) is 5.43. The van der Waals surface area contributed by atoms with Crippen LogP contribution in [0, 0.1) is 11.8 Å². The van der Waals surface area contributed by atoms with Crippen LogP contribution >= 0.6 is 7.60 Å². The van der Waals surface area contributed by atoms with Gasteiger partial charge >= 0.3 is 0 Å². The van der Waals surface area contributed by atoms with Gasteiger partial charge in [-0.3, -0.25) is 4.79 Å². The molecular formula is C12H29N4O4P. The molecule has 1 aliphatic rings. The molecule has 8 nitrogen and oxygen atoms in total. The third-order valence-electron chi connectivity index (χ3n) is 3.52. The Kier molecular flexibility index (Phi) is 9.25. The number of hydrogen-bond donors (Lipinski definition) is 4. The van der Waals surface area contributed by atoms with Crippen molar-refractivity contribution in [1.29, 1.82) is 0 Å². The van der Waals surface area contributed by atoms with E-state index in [1.165, 1.54) is 13.0 Å². The van der Waals surface area contributed by atoms with Crippen molar-refractivity contribution < 1.29 is 19.1 Å². The zero-order valence-corrected chi connectivity index (χ0v) is 14.4. The largest absolute Gasteiger partial charge is 0.808 e. The van der Waals surface area contributed by atoms with E-state index in [-0.39, 0.29) is 47.8 Å². The molecule has 1 aliphatic carbocycles. The molecule has 21 heavy (non-hydrogen) atoms. The highest BCUT2D eigenvalue weighted by molar-refractivity contribution is 7.53. The van der Waals surface area contributed by atoms with Crippen LogP contribution in [0.3, 0.4) is 0 Å². The third kappa shape index (κ3) is 6.25. The van der Waals surface area contributed by atoms with Crippen LogP contribution in [0.5, 0.6) is 0 Å². The molecule has 0 heterocycles. The van der Waals surface area contributed by atoms with E-state index in [4.69, 9.17) is 5.73 Å². The zero-order chi connectivity index (χ0) is 14.8. The summed E-state index contributed by atoms with van der Waals surface area (Å²) in [4.78, 5) is 33.2. The number of hydrogen-bond acceptors (Lipinski definition) is 5. The van der Waals surface area contributed by atoms with Crippen LogP contribution in [0.15, 0.2) is 11.4 Å². The standard InChI is InChI=1S/C12H23N2O4P.2H3N/c1-7(2)12(14-8(3)15)10-5-4-9(6-11(10)13)19(16,17)18;;/h4,7,10-12H,5-6,13H2,1-3H3,(H,14,15)(H2,16,17,18);2*1H3/t10-,11-,12-;;/m0../s1. The molecule has 0 bridgehead atoms. The molecule has 3 atom stereocenters. The average Bonchev–Trinajstić information content (AvgIpc) is 2.24. The number of nitrogens with two attached hydrogens (primary N) is 1. The lowest BCUT2D eigenvalue weighted by atomic mass is 9.79. The van der Waals surface area contributed by atoms with E-state index in [1.54, 1.807) is 0 Å². The number of amides is 1. The number of quaternary nitrogens is 2. The summed E-state index contributed by atoms with van der Waals surface area (Å²) in [6, 6.07) is -0.557. The van der Waals surface area contributed by atoms with Crippen LogP contribution in [0.4, 0.5) is 0 Å². The molecule has 126 valence electrons. The van der Waals surface area contributed by atoms with Crippen molar-refractivity contribution in [2.75, 3.05) is 0 Å². The van der Waals surface area contributed by atoms with Crippen LogP contribution in [0.1, 0.15) is 33.6 Å². The van der Waals surface area contributed by atoms with E-state index in [2.05, 4.69) is 5.32 Å². The van der Waals surface area contributed by atoms with E-state index in [0.717, 1.165) is 0 Å². The van der Waals surface area contributed by atoms with E-state index in [1.807, 2.05) is 13.8 Å². The summed E-state index contributed by atoms with van der Waals surface area (Å²) in [5, 5.41) is 2.75. The first-order valence-electron chi connectivity index (χ1n) is 6.37. The lowest BCUT2D eigenvalue weighted by Gasteiger charge is -2.41. The average molecular weight is 324 g/mol. The Morgan fingerprint density at radius 2 is 1.95 bits per heavy atom. The molecule has 0 saturated carbocycles. The van der Waals surface area contributed by atoms with Gasteiger partial charge in [0.25, 0.3) is 0 Å². The molecule has 0 fully saturated rings. The first-order chi connectivity index (χ1) is 8.62. The van der Waals surface area contributed by atoms with Gasteiger partial charge in [0.15, 0.2) is 0 Å². The summed E-state index contributed by atoms with van der Waals surface area (Å²) >= 11 is 0. The maximum atomic E-state index is 11.2. The fourth-order valence-corrected chi connectivity index (χ4v) is 3.33. The maximum Gasteiger partial charge on any atom is 0.217 e. The molecule has 0 saturated heterocycles. The zero-order valence-electron chi connectivity index (χ0n) is 13.5. The molecule has 0 aromatic carbocycles. The summed E-state index contributed by atoms with van der Waals surface area (Å²) < 4.78 is 11.0. The minimum absolute atomic E-state index is 0. The molecule has 0 spiro atoms. The highest BCUT2D eigenvalue weighted by Gasteiger charge is 2.32. The Labute approximate surface area is 125 Å². The van der Waals surface area contributed by atoms with Gasteiger partial charge in [-0.15, -0.1) is 0 Å². The Morgan fingerprint density at radius 1 is 1.43 bits per heavy atom. The summed E-state index contributed by atoms with van der Waals surface area (Å²) in [6.45, 7) is 5.38. The summed E-state index contributed by atoms with van der Waals surface area (Å²) in [5.74, 6) is -0.0144. The molecular weight excluding hydrogens is 295 g/mol. The molecule has 9 heteroatoms. The van der Waals surface area contributed by atoms with Crippen LogP contribution in [0.25, 0.3) is 0 Å². The molecule has 1 amide bonds. The van der Waals surface area contributed by atoms with Gasteiger partial charge in [-0.1, -0.05) is 19.9 Å². The van der Waals surface area contributed by atoms with Crippen molar-refractivity contribution in [3.8, 4) is 0 Å². The summed E-state index contributed by atoms with van der Waals surface area (Å²) in [6.07, 6.45) is 1.90. The second-order valence-corrected chi connectivity index (χ2v) is 7.00. The van der Waals surface area contributed by atoms with Crippen LogP contribution in [-0.2, 0) is 9.36 Å². The van der Waals surface area contributed by atoms with Gasteiger partial charge in [-0.25, -0.2) is 0 Å². The fourth-order valence-electron chi connectivity index (χ4n) is 2.56. The Bertz CT molecular complexity index is 421. The maximum absolute atomic E-state index is 11.2.